The van der Waals surface area contributed by atoms with Crippen LogP contribution in [0.3, 0.4) is 0 Å². The van der Waals surface area contributed by atoms with Crippen LogP contribution in [-0.4, -0.2) is 38.3 Å². The number of hydrogen-bond acceptors (Lipinski definition) is 5. The quantitative estimate of drug-likeness (QED) is 0.758. The second-order valence-corrected chi connectivity index (χ2v) is 5.92. The zero-order valence-corrected chi connectivity index (χ0v) is 11.9. The number of carbonyl (C=O) groups is 2. The molecule has 7 nitrogen and oxygen atoms in total. The topological polar surface area (TPSA) is 110 Å². The van der Waals surface area contributed by atoms with E-state index >= 15 is 0 Å². The number of nitrogens with one attached hydrogen (secondary N) is 1. The maximum absolute atomic E-state index is 11.7. The van der Waals surface area contributed by atoms with Crippen molar-refractivity contribution >= 4 is 27.6 Å². The van der Waals surface area contributed by atoms with Crippen LogP contribution >= 0.6 is 0 Å². The minimum atomic E-state index is -3.69. The monoisotopic (exact) mass is 301 g/mol. The number of aromatic carboxylic acids is 1. The van der Waals surface area contributed by atoms with Gasteiger partial charge in [0.1, 0.15) is 0 Å². The Morgan fingerprint density at radius 1 is 1.35 bits per heavy atom. The van der Waals surface area contributed by atoms with Crippen LogP contribution in [0.25, 0.3) is 0 Å². The Morgan fingerprint density at radius 3 is 2.50 bits per heavy atom. The first-order chi connectivity index (χ1) is 9.25. The van der Waals surface area contributed by atoms with E-state index in [0.29, 0.717) is 5.56 Å². The zero-order valence-electron chi connectivity index (χ0n) is 11.0. The second kappa shape index (κ2) is 6.38. The summed E-state index contributed by atoms with van der Waals surface area (Å²) in [4.78, 5) is 21.7. The fourth-order valence-corrected chi connectivity index (χ4v) is 2.54. The number of methoxy groups -OCH3 is 1. The lowest BCUT2D eigenvalue weighted by Crippen LogP contribution is -2.19. The largest absolute Gasteiger partial charge is 0.478 e. The Morgan fingerprint density at radius 2 is 2.00 bits per heavy atom. The molecular formula is C12H15NO6S. The summed E-state index contributed by atoms with van der Waals surface area (Å²) in [6.45, 7) is 1.57. The van der Waals surface area contributed by atoms with E-state index in [4.69, 9.17) is 5.11 Å². The zero-order chi connectivity index (χ0) is 15.3. The van der Waals surface area contributed by atoms with Crippen LogP contribution in [0, 0.1) is 6.92 Å². The molecule has 2 N–H and O–H groups in total. The van der Waals surface area contributed by atoms with Crippen LogP contribution in [0.15, 0.2) is 18.2 Å². The number of sulfonamides is 1. The first-order valence-electron chi connectivity index (χ1n) is 5.66. The SMILES string of the molecule is COC(=O)CCS(=O)(=O)Nc1ccc(C(=O)O)c(C)c1. The van der Waals surface area contributed by atoms with Crippen molar-refractivity contribution in [2.24, 2.45) is 0 Å². The second-order valence-electron chi connectivity index (χ2n) is 4.08. The molecule has 0 saturated heterocycles. The summed E-state index contributed by atoms with van der Waals surface area (Å²) in [5, 5.41) is 8.87. The standard InChI is InChI=1S/C12H15NO6S/c1-8-7-9(3-4-10(8)12(15)16)13-20(17,18)6-5-11(14)19-2/h3-4,7,13H,5-6H2,1-2H3,(H,15,16). The number of ether oxygens (including phenoxy) is 1. The molecular weight excluding hydrogens is 286 g/mol. The average molecular weight is 301 g/mol. The maximum Gasteiger partial charge on any atom is 0.335 e. The molecule has 0 bridgehead atoms. The molecule has 0 aliphatic rings. The van der Waals surface area contributed by atoms with Crippen molar-refractivity contribution in [2.45, 2.75) is 13.3 Å². The van der Waals surface area contributed by atoms with Crippen LogP contribution in [0.4, 0.5) is 5.69 Å². The van der Waals surface area contributed by atoms with E-state index in [-0.39, 0.29) is 17.7 Å². The molecule has 1 rings (SSSR count). The Labute approximate surface area is 116 Å². The van der Waals surface area contributed by atoms with Gasteiger partial charge in [-0.05, 0) is 30.7 Å². The lowest BCUT2D eigenvalue weighted by Gasteiger charge is -2.09. The number of rotatable bonds is 6. The molecule has 0 saturated carbocycles. The van der Waals surface area contributed by atoms with Crippen molar-refractivity contribution in [3.8, 4) is 0 Å². The van der Waals surface area contributed by atoms with E-state index in [1.807, 2.05) is 0 Å². The maximum atomic E-state index is 11.7. The molecule has 1 aromatic rings. The predicted molar refractivity (Wildman–Crippen MR) is 72.2 cm³/mol. The molecule has 0 amide bonds. The number of carboxylic acids is 1. The summed E-state index contributed by atoms with van der Waals surface area (Å²) in [6, 6.07) is 4.08. The molecule has 0 fully saturated rings. The van der Waals surface area contributed by atoms with Gasteiger partial charge in [0.05, 0.1) is 24.8 Å². The van der Waals surface area contributed by atoms with Gasteiger partial charge in [0.2, 0.25) is 10.0 Å². The number of carbonyl (C=O) groups excluding carboxylic acids is 1. The highest BCUT2D eigenvalue weighted by Crippen LogP contribution is 2.16. The number of carboxylic acid groups (broad SMARTS) is 1. The van der Waals surface area contributed by atoms with Gasteiger partial charge in [0.15, 0.2) is 0 Å². The number of esters is 1. The van der Waals surface area contributed by atoms with Crippen molar-refractivity contribution in [2.75, 3.05) is 17.6 Å². The average Bonchev–Trinajstić information content (AvgIpc) is 2.35. The molecule has 0 aliphatic carbocycles. The third-order valence-corrected chi connectivity index (χ3v) is 3.82. The van der Waals surface area contributed by atoms with Crippen LogP contribution in [-0.2, 0) is 19.6 Å². The Kier molecular flexibility index (Phi) is 5.09. The molecule has 0 radical (unpaired) electrons. The van der Waals surface area contributed by atoms with Gasteiger partial charge in [-0.2, -0.15) is 0 Å². The molecule has 0 aromatic heterocycles. The smallest absolute Gasteiger partial charge is 0.335 e. The number of aryl methyl sites for hydroxylation is 1. The minimum Gasteiger partial charge on any atom is -0.478 e. The molecule has 0 aliphatic heterocycles. The van der Waals surface area contributed by atoms with Crippen LogP contribution in [0.5, 0.6) is 0 Å². The normalized spacial score (nSPS) is 10.9. The van der Waals surface area contributed by atoms with Crippen molar-refractivity contribution in [3.05, 3.63) is 29.3 Å². The van der Waals surface area contributed by atoms with Crippen molar-refractivity contribution in [3.63, 3.8) is 0 Å². The van der Waals surface area contributed by atoms with Gasteiger partial charge in [-0.15, -0.1) is 0 Å². The lowest BCUT2D eigenvalue weighted by atomic mass is 10.1. The Bertz CT molecular complexity index is 623. The van der Waals surface area contributed by atoms with E-state index in [1.54, 1.807) is 6.92 Å². The van der Waals surface area contributed by atoms with E-state index in [1.165, 1.54) is 25.3 Å². The molecule has 0 spiro atoms. The molecule has 20 heavy (non-hydrogen) atoms. The van der Waals surface area contributed by atoms with Crippen LogP contribution in [0.2, 0.25) is 0 Å². The van der Waals surface area contributed by atoms with Gasteiger partial charge < -0.3 is 9.84 Å². The summed E-state index contributed by atoms with van der Waals surface area (Å²) in [5.74, 6) is -2.10. The fourth-order valence-electron chi connectivity index (χ4n) is 1.52. The van der Waals surface area contributed by atoms with Crippen molar-refractivity contribution in [1.29, 1.82) is 0 Å². The van der Waals surface area contributed by atoms with E-state index in [2.05, 4.69) is 9.46 Å². The highest BCUT2D eigenvalue weighted by molar-refractivity contribution is 7.92. The molecule has 0 unspecified atom stereocenters. The van der Waals surface area contributed by atoms with Gasteiger partial charge in [-0.1, -0.05) is 0 Å². The molecule has 110 valence electrons. The Hall–Kier alpha value is -2.09. The predicted octanol–water partition coefficient (Wildman–Crippen LogP) is 0.998. The van der Waals surface area contributed by atoms with Crippen molar-refractivity contribution < 1.29 is 27.9 Å². The highest BCUT2D eigenvalue weighted by Gasteiger charge is 2.15. The molecule has 1 aromatic carbocycles. The summed E-state index contributed by atoms with van der Waals surface area (Å²) < 4.78 is 30.1. The van der Waals surface area contributed by atoms with E-state index in [9.17, 15) is 18.0 Å². The number of anilines is 1. The van der Waals surface area contributed by atoms with Gasteiger partial charge in [0.25, 0.3) is 0 Å². The third kappa shape index (κ3) is 4.54. The molecule has 0 atom stereocenters. The summed E-state index contributed by atoms with van der Waals surface area (Å²) in [7, 11) is -2.51. The number of hydrogen-bond donors (Lipinski definition) is 2. The summed E-state index contributed by atoms with van der Waals surface area (Å²) in [6.07, 6.45) is -0.252. The van der Waals surface area contributed by atoms with Gasteiger partial charge in [0, 0.05) is 5.69 Å². The summed E-state index contributed by atoms with van der Waals surface area (Å²) >= 11 is 0. The van der Waals surface area contributed by atoms with Gasteiger partial charge in [-0.3, -0.25) is 9.52 Å². The van der Waals surface area contributed by atoms with Crippen molar-refractivity contribution in [1.82, 2.24) is 0 Å². The first kappa shape index (κ1) is 16.0. The molecule has 8 heteroatoms. The van der Waals surface area contributed by atoms with E-state index < -0.39 is 27.7 Å². The highest BCUT2D eigenvalue weighted by atomic mass is 32.2. The first-order valence-corrected chi connectivity index (χ1v) is 7.31. The Balaban J connectivity index is 2.80. The minimum absolute atomic E-state index is 0.0995. The third-order valence-electron chi connectivity index (χ3n) is 2.53. The number of benzene rings is 1. The van der Waals surface area contributed by atoms with Crippen LogP contribution < -0.4 is 4.72 Å². The van der Waals surface area contributed by atoms with E-state index in [0.717, 1.165) is 0 Å². The molecule has 0 heterocycles. The van der Waals surface area contributed by atoms with Crippen LogP contribution in [0.1, 0.15) is 22.3 Å². The lowest BCUT2D eigenvalue weighted by molar-refractivity contribution is -0.140. The summed E-state index contributed by atoms with van der Waals surface area (Å²) in [5.41, 5.74) is 0.783. The van der Waals surface area contributed by atoms with Gasteiger partial charge >= 0.3 is 11.9 Å². The van der Waals surface area contributed by atoms with Gasteiger partial charge in [-0.25, -0.2) is 13.2 Å². The fraction of sp³-hybridized carbons (Fsp3) is 0.333.